The Balaban J connectivity index is 1.71. The number of alkyl halides is 3. The van der Waals surface area contributed by atoms with E-state index in [0.717, 1.165) is 35.2 Å². The Morgan fingerprint density at radius 3 is 2.30 bits per heavy atom. The van der Waals surface area contributed by atoms with Crippen molar-refractivity contribution in [2.75, 3.05) is 4.90 Å². The molecule has 2 heterocycles. The molecule has 0 aliphatic carbocycles. The van der Waals surface area contributed by atoms with Gasteiger partial charge in [-0.15, -0.1) is 13.2 Å². The average molecular weight is 376 g/mol. The third kappa shape index (κ3) is 2.97. The number of amides is 2. The van der Waals surface area contributed by atoms with Crippen molar-refractivity contribution in [2.24, 2.45) is 0 Å². The van der Waals surface area contributed by atoms with Crippen LogP contribution in [0.1, 0.15) is 20.8 Å². The van der Waals surface area contributed by atoms with Crippen molar-refractivity contribution >= 4 is 28.4 Å². The molecule has 0 bridgehead atoms. The zero-order valence-corrected chi connectivity index (χ0v) is 13.2. The van der Waals surface area contributed by atoms with Crippen LogP contribution in [-0.4, -0.2) is 23.2 Å². The van der Waals surface area contributed by atoms with E-state index in [0.29, 0.717) is 5.39 Å². The number of carbonyl (C=O) groups excluding carboxylic acids is 2. The molecule has 1 aliphatic rings. The number of carbonyl (C=O) groups is 2. The van der Waals surface area contributed by atoms with Crippen LogP contribution >= 0.6 is 0 Å². The van der Waals surface area contributed by atoms with Gasteiger partial charge in [0.25, 0.3) is 11.8 Å². The number of imide groups is 1. The average Bonchev–Trinajstić information content (AvgIpc) is 2.83. The highest BCUT2D eigenvalue weighted by Gasteiger charge is 2.38. The smallest absolute Gasteiger partial charge is 0.406 e. The molecule has 0 N–H and O–H groups in total. The molecule has 27 heavy (non-hydrogen) atoms. The summed E-state index contributed by atoms with van der Waals surface area (Å²) in [6, 6.07) is 9.50. The van der Waals surface area contributed by atoms with Crippen LogP contribution in [0.25, 0.3) is 10.9 Å². The van der Waals surface area contributed by atoms with Crippen molar-refractivity contribution in [3.05, 3.63) is 65.6 Å². The lowest BCUT2D eigenvalue weighted by molar-refractivity contribution is -0.274. The van der Waals surface area contributed by atoms with E-state index in [2.05, 4.69) is 9.72 Å². The van der Waals surface area contributed by atoms with Gasteiger partial charge in [0.05, 0.1) is 16.8 Å². The van der Waals surface area contributed by atoms with Gasteiger partial charge in [0.15, 0.2) is 0 Å². The minimum absolute atomic E-state index is 0.0368. The fourth-order valence-electron chi connectivity index (χ4n) is 2.82. The molecule has 1 aromatic heterocycles. The van der Waals surface area contributed by atoms with Gasteiger partial charge in [-0.05, 0) is 42.5 Å². The highest BCUT2D eigenvalue weighted by Crippen LogP contribution is 2.31. The van der Waals surface area contributed by atoms with Crippen LogP contribution < -0.4 is 9.64 Å². The molecule has 9 heteroatoms. The Bertz CT molecular complexity index is 1090. The number of ether oxygens (including phenoxy) is 1. The molecule has 3 aromatic rings. The number of nitrogens with zero attached hydrogens (tertiary/aromatic N) is 2. The minimum Gasteiger partial charge on any atom is -0.406 e. The molecular weight excluding hydrogens is 368 g/mol. The summed E-state index contributed by atoms with van der Waals surface area (Å²) < 4.78 is 53.8. The summed E-state index contributed by atoms with van der Waals surface area (Å²) in [6.45, 7) is 0. The number of aromatic nitrogens is 1. The van der Waals surface area contributed by atoms with Gasteiger partial charge in [0.1, 0.15) is 17.3 Å². The van der Waals surface area contributed by atoms with Crippen LogP contribution in [0, 0.1) is 5.82 Å². The molecule has 0 saturated carbocycles. The summed E-state index contributed by atoms with van der Waals surface area (Å²) in [4.78, 5) is 30.1. The molecule has 2 amide bonds. The lowest BCUT2D eigenvalue weighted by Gasteiger charge is -2.14. The van der Waals surface area contributed by atoms with E-state index < -0.39 is 29.7 Å². The van der Waals surface area contributed by atoms with Crippen molar-refractivity contribution in [1.82, 2.24) is 4.98 Å². The molecule has 5 nitrogen and oxygen atoms in total. The minimum atomic E-state index is -4.85. The van der Waals surface area contributed by atoms with Crippen molar-refractivity contribution in [3.8, 4) is 5.75 Å². The first-order chi connectivity index (χ1) is 12.7. The second kappa shape index (κ2) is 5.76. The van der Waals surface area contributed by atoms with Gasteiger partial charge in [-0.1, -0.05) is 0 Å². The SMILES string of the molecule is O=C1c2cc3ccc(F)cc3nc2C(=O)N1c1ccc(OC(F)(F)F)cc1. The first-order valence-corrected chi connectivity index (χ1v) is 7.58. The van der Waals surface area contributed by atoms with Gasteiger partial charge in [0, 0.05) is 11.5 Å². The zero-order valence-electron chi connectivity index (χ0n) is 13.2. The maximum atomic E-state index is 13.4. The second-order valence-corrected chi connectivity index (χ2v) is 5.71. The topological polar surface area (TPSA) is 59.5 Å². The van der Waals surface area contributed by atoms with E-state index in [1.807, 2.05) is 0 Å². The van der Waals surface area contributed by atoms with Gasteiger partial charge < -0.3 is 4.74 Å². The number of rotatable bonds is 2. The van der Waals surface area contributed by atoms with Crippen molar-refractivity contribution < 1.29 is 31.9 Å². The number of fused-ring (bicyclic) bond motifs is 2. The van der Waals surface area contributed by atoms with Crippen LogP contribution in [0.3, 0.4) is 0 Å². The van der Waals surface area contributed by atoms with E-state index in [-0.39, 0.29) is 22.5 Å². The highest BCUT2D eigenvalue weighted by molar-refractivity contribution is 6.34. The van der Waals surface area contributed by atoms with Crippen molar-refractivity contribution in [2.45, 2.75) is 6.36 Å². The van der Waals surface area contributed by atoms with Crippen LogP contribution in [0.2, 0.25) is 0 Å². The zero-order chi connectivity index (χ0) is 19.3. The molecule has 0 fully saturated rings. The molecule has 2 aromatic carbocycles. The molecule has 4 rings (SSSR count). The monoisotopic (exact) mass is 376 g/mol. The maximum absolute atomic E-state index is 13.4. The Morgan fingerprint density at radius 1 is 0.926 bits per heavy atom. The lowest BCUT2D eigenvalue weighted by Crippen LogP contribution is -2.29. The molecule has 1 aliphatic heterocycles. The molecule has 0 saturated heterocycles. The summed E-state index contributed by atoms with van der Waals surface area (Å²) in [5.41, 5.74) is 0.168. The summed E-state index contributed by atoms with van der Waals surface area (Å²) >= 11 is 0. The molecular formula is C18H8F4N2O3. The summed E-state index contributed by atoms with van der Waals surface area (Å²) in [5.74, 6) is -2.44. The van der Waals surface area contributed by atoms with Crippen LogP contribution in [0.4, 0.5) is 23.2 Å². The predicted octanol–water partition coefficient (Wildman–Crippen LogP) is 4.07. The Kier molecular flexibility index (Phi) is 3.62. The Hall–Kier alpha value is -3.49. The molecule has 136 valence electrons. The molecule has 0 unspecified atom stereocenters. The maximum Gasteiger partial charge on any atom is 0.573 e. The fraction of sp³-hybridized carbons (Fsp3) is 0.0556. The number of hydrogen-bond acceptors (Lipinski definition) is 4. The van der Waals surface area contributed by atoms with Crippen LogP contribution in [-0.2, 0) is 0 Å². The van der Waals surface area contributed by atoms with Crippen molar-refractivity contribution in [3.63, 3.8) is 0 Å². The number of pyridine rings is 1. The van der Waals surface area contributed by atoms with Gasteiger partial charge in [-0.2, -0.15) is 0 Å². The third-order valence-corrected chi connectivity index (χ3v) is 3.95. The molecule has 0 atom stereocenters. The van der Waals surface area contributed by atoms with Gasteiger partial charge >= 0.3 is 6.36 Å². The van der Waals surface area contributed by atoms with E-state index in [1.165, 1.54) is 18.2 Å². The Labute approximate surface area is 148 Å². The largest absolute Gasteiger partial charge is 0.573 e. The summed E-state index contributed by atoms with van der Waals surface area (Å²) in [7, 11) is 0. The van der Waals surface area contributed by atoms with Crippen molar-refractivity contribution in [1.29, 1.82) is 0 Å². The van der Waals surface area contributed by atoms with Gasteiger partial charge in [-0.3, -0.25) is 9.59 Å². The predicted molar refractivity (Wildman–Crippen MR) is 86.0 cm³/mol. The first kappa shape index (κ1) is 17.0. The molecule has 0 radical (unpaired) electrons. The Morgan fingerprint density at radius 2 is 1.63 bits per heavy atom. The van der Waals surface area contributed by atoms with E-state index in [1.54, 1.807) is 0 Å². The first-order valence-electron chi connectivity index (χ1n) is 7.58. The second-order valence-electron chi connectivity index (χ2n) is 5.71. The van der Waals surface area contributed by atoms with Gasteiger partial charge in [0.2, 0.25) is 0 Å². The van der Waals surface area contributed by atoms with Gasteiger partial charge in [-0.25, -0.2) is 14.3 Å². The number of benzene rings is 2. The lowest BCUT2D eigenvalue weighted by atomic mass is 10.1. The normalized spacial score (nSPS) is 14.0. The number of anilines is 1. The highest BCUT2D eigenvalue weighted by atomic mass is 19.4. The quantitative estimate of drug-likeness (QED) is 0.500. The van der Waals surface area contributed by atoms with E-state index >= 15 is 0 Å². The van der Waals surface area contributed by atoms with Crippen LogP contribution in [0.5, 0.6) is 5.75 Å². The standard InChI is InChI=1S/C18H8F4N2O3/c19-10-2-1-9-7-13-15(23-14(9)8-10)17(26)24(16(13)25)11-3-5-12(6-4-11)27-18(20,21)22/h1-8H. The third-order valence-electron chi connectivity index (χ3n) is 3.95. The van der Waals surface area contributed by atoms with Crippen LogP contribution in [0.15, 0.2) is 48.5 Å². The van der Waals surface area contributed by atoms with E-state index in [4.69, 9.17) is 0 Å². The number of hydrogen-bond donors (Lipinski definition) is 0. The number of halogens is 4. The molecule has 0 spiro atoms. The summed E-state index contributed by atoms with van der Waals surface area (Å²) in [6.07, 6.45) is -4.85. The van der Waals surface area contributed by atoms with E-state index in [9.17, 15) is 27.2 Å². The fourth-order valence-corrected chi connectivity index (χ4v) is 2.82. The summed E-state index contributed by atoms with van der Waals surface area (Å²) in [5, 5.41) is 0.479.